The van der Waals surface area contributed by atoms with Crippen molar-refractivity contribution < 1.29 is 9.53 Å². The summed E-state index contributed by atoms with van der Waals surface area (Å²) >= 11 is 3.48. The molecule has 0 heterocycles. The molecule has 3 rings (SSSR count). The third-order valence-corrected chi connectivity index (χ3v) is 7.62. The zero-order valence-electron chi connectivity index (χ0n) is 19.7. The van der Waals surface area contributed by atoms with Gasteiger partial charge in [0, 0.05) is 9.79 Å². The highest BCUT2D eigenvalue weighted by Gasteiger charge is 2.16. The van der Waals surface area contributed by atoms with Crippen molar-refractivity contribution in [1.82, 2.24) is 0 Å². The maximum atomic E-state index is 12.3. The number of rotatable bonds is 13. The molecule has 0 bridgehead atoms. The summed E-state index contributed by atoms with van der Waals surface area (Å²) in [6.07, 6.45) is 6.65. The Hall–Kier alpha value is -2.17. The molecule has 4 heteroatoms. The summed E-state index contributed by atoms with van der Waals surface area (Å²) in [4.78, 5) is 14.7. The van der Waals surface area contributed by atoms with Gasteiger partial charge in [-0.3, -0.25) is 4.79 Å². The van der Waals surface area contributed by atoms with Gasteiger partial charge in [0.1, 0.15) is 11.9 Å². The van der Waals surface area contributed by atoms with Gasteiger partial charge in [0.15, 0.2) is 0 Å². The standard InChI is InChI=1S/C29H34O2S2/c1-3-4-5-6-10-21-32-27-17-13-25(14-18-27)26-15-19-28(20-16-26)33-23(2)29(30)31-22-24-11-8-7-9-12-24/h7-9,11-20,23H,3-6,10,21-22H2,1-2H3/t23-/m1/s1. The predicted octanol–water partition coefficient (Wildman–Crippen LogP) is 8.64. The number of carbonyl (C=O) groups is 1. The molecule has 174 valence electrons. The Morgan fingerprint density at radius 2 is 1.39 bits per heavy atom. The number of ether oxygens (including phenoxy) is 1. The number of hydrogen-bond acceptors (Lipinski definition) is 4. The average molecular weight is 479 g/mol. The van der Waals surface area contributed by atoms with E-state index in [0.717, 1.165) is 10.5 Å². The van der Waals surface area contributed by atoms with Crippen LogP contribution in [0.25, 0.3) is 11.1 Å². The topological polar surface area (TPSA) is 26.3 Å². The third-order valence-electron chi connectivity index (χ3n) is 5.43. The lowest BCUT2D eigenvalue weighted by atomic mass is 10.1. The summed E-state index contributed by atoms with van der Waals surface area (Å²) in [6, 6.07) is 27.0. The Balaban J connectivity index is 1.44. The Bertz CT molecular complexity index is 953. The van der Waals surface area contributed by atoms with E-state index >= 15 is 0 Å². The molecular weight excluding hydrogens is 444 g/mol. The second kappa shape index (κ2) is 14.2. The molecule has 0 radical (unpaired) electrons. The second-order valence-electron chi connectivity index (χ2n) is 8.16. The smallest absolute Gasteiger partial charge is 0.319 e. The molecule has 0 amide bonds. The van der Waals surface area contributed by atoms with Gasteiger partial charge in [-0.15, -0.1) is 23.5 Å². The fourth-order valence-corrected chi connectivity index (χ4v) is 5.24. The first-order chi connectivity index (χ1) is 16.2. The highest BCUT2D eigenvalue weighted by Crippen LogP contribution is 2.29. The van der Waals surface area contributed by atoms with Crippen LogP contribution in [-0.4, -0.2) is 17.0 Å². The lowest BCUT2D eigenvalue weighted by Gasteiger charge is -2.12. The maximum Gasteiger partial charge on any atom is 0.319 e. The third kappa shape index (κ3) is 8.94. The molecule has 3 aromatic rings. The van der Waals surface area contributed by atoms with Crippen molar-refractivity contribution in [2.24, 2.45) is 0 Å². The lowest BCUT2D eigenvalue weighted by Crippen LogP contribution is -2.16. The van der Waals surface area contributed by atoms with Crippen molar-refractivity contribution >= 4 is 29.5 Å². The summed E-state index contributed by atoms with van der Waals surface area (Å²) in [5.74, 6) is 1.01. The number of carbonyl (C=O) groups excluding carboxylic acids is 1. The summed E-state index contributed by atoms with van der Waals surface area (Å²) in [6.45, 7) is 4.47. The van der Waals surface area contributed by atoms with E-state index in [1.807, 2.05) is 49.0 Å². The molecule has 3 aromatic carbocycles. The van der Waals surface area contributed by atoms with Crippen molar-refractivity contribution in [3.05, 3.63) is 84.4 Å². The minimum Gasteiger partial charge on any atom is -0.460 e. The second-order valence-corrected chi connectivity index (χ2v) is 10.7. The van der Waals surface area contributed by atoms with Crippen LogP contribution in [0.3, 0.4) is 0 Å². The number of thioether (sulfide) groups is 2. The van der Waals surface area contributed by atoms with Gasteiger partial charge in [0.2, 0.25) is 0 Å². The summed E-state index contributed by atoms with van der Waals surface area (Å²) in [5.41, 5.74) is 3.41. The van der Waals surface area contributed by atoms with Gasteiger partial charge < -0.3 is 4.74 Å². The van der Waals surface area contributed by atoms with Gasteiger partial charge in [0.05, 0.1) is 0 Å². The number of hydrogen-bond donors (Lipinski definition) is 0. The molecule has 0 unspecified atom stereocenters. The van der Waals surface area contributed by atoms with E-state index in [-0.39, 0.29) is 11.2 Å². The van der Waals surface area contributed by atoms with Crippen molar-refractivity contribution in [3.8, 4) is 11.1 Å². The Morgan fingerprint density at radius 1 is 0.788 bits per heavy atom. The summed E-state index contributed by atoms with van der Waals surface area (Å²) < 4.78 is 5.46. The number of esters is 1. The molecule has 0 aliphatic rings. The fraction of sp³-hybridized carbons (Fsp3) is 0.345. The van der Waals surface area contributed by atoms with Crippen molar-refractivity contribution in [2.75, 3.05) is 5.75 Å². The maximum absolute atomic E-state index is 12.3. The van der Waals surface area contributed by atoms with Gasteiger partial charge >= 0.3 is 5.97 Å². The predicted molar refractivity (Wildman–Crippen MR) is 143 cm³/mol. The normalized spacial score (nSPS) is 11.8. The van der Waals surface area contributed by atoms with Crippen LogP contribution in [0.4, 0.5) is 0 Å². The van der Waals surface area contributed by atoms with Gasteiger partial charge in [-0.2, -0.15) is 0 Å². The van der Waals surface area contributed by atoms with Crippen molar-refractivity contribution in [1.29, 1.82) is 0 Å². The molecule has 0 fully saturated rings. The van der Waals surface area contributed by atoms with Crippen LogP contribution in [0.1, 0.15) is 51.5 Å². The molecule has 0 aliphatic heterocycles. The molecule has 0 aliphatic carbocycles. The van der Waals surface area contributed by atoms with E-state index < -0.39 is 0 Å². The number of benzene rings is 3. The Labute approximate surface area is 207 Å². The van der Waals surface area contributed by atoms with Gasteiger partial charge in [-0.25, -0.2) is 0 Å². The quantitative estimate of drug-likeness (QED) is 0.139. The van der Waals surface area contributed by atoms with E-state index in [1.54, 1.807) is 0 Å². The van der Waals surface area contributed by atoms with E-state index in [0.29, 0.717) is 6.61 Å². The largest absolute Gasteiger partial charge is 0.460 e. The van der Waals surface area contributed by atoms with Gasteiger partial charge in [0.25, 0.3) is 0 Å². The minimum absolute atomic E-state index is 0.189. The Morgan fingerprint density at radius 3 is 2.03 bits per heavy atom. The highest BCUT2D eigenvalue weighted by atomic mass is 32.2. The average Bonchev–Trinajstić information content (AvgIpc) is 2.86. The molecule has 33 heavy (non-hydrogen) atoms. The van der Waals surface area contributed by atoms with Crippen LogP contribution < -0.4 is 0 Å². The fourth-order valence-electron chi connectivity index (χ4n) is 3.46. The van der Waals surface area contributed by atoms with E-state index in [4.69, 9.17) is 4.74 Å². The monoisotopic (exact) mass is 478 g/mol. The summed E-state index contributed by atoms with van der Waals surface area (Å²) in [7, 11) is 0. The minimum atomic E-state index is -0.252. The lowest BCUT2D eigenvalue weighted by molar-refractivity contribution is -0.143. The SMILES string of the molecule is CCCCCCCSc1ccc(-c2ccc(S[C@H](C)C(=O)OCc3ccccc3)cc2)cc1. The first-order valence-electron chi connectivity index (χ1n) is 11.9. The Kier molecular flexibility index (Phi) is 10.9. The number of unbranched alkanes of at least 4 members (excludes halogenated alkanes) is 4. The van der Waals surface area contributed by atoms with Crippen LogP contribution in [-0.2, 0) is 16.1 Å². The molecule has 0 N–H and O–H groups in total. The van der Waals surface area contributed by atoms with E-state index in [9.17, 15) is 4.79 Å². The molecule has 0 saturated heterocycles. The summed E-state index contributed by atoms with van der Waals surface area (Å²) in [5, 5.41) is -0.252. The zero-order valence-corrected chi connectivity index (χ0v) is 21.3. The zero-order chi connectivity index (χ0) is 23.3. The first-order valence-corrected chi connectivity index (χ1v) is 13.7. The molecule has 0 saturated carbocycles. The van der Waals surface area contributed by atoms with Crippen molar-refractivity contribution in [2.45, 2.75) is 67.6 Å². The van der Waals surface area contributed by atoms with Crippen LogP contribution in [0, 0.1) is 0 Å². The van der Waals surface area contributed by atoms with E-state index in [1.165, 1.54) is 65.6 Å². The molecular formula is C29H34O2S2. The molecule has 0 aromatic heterocycles. The van der Waals surface area contributed by atoms with Gasteiger partial charge in [-0.05, 0) is 60.1 Å². The van der Waals surface area contributed by atoms with Crippen LogP contribution in [0.5, 0.6) is 0 Å². The van der Waals surface area contributed by atoms with Crippen LogP contribution in [0.2, 0.25) is 0 Å². The molecule has 0 spiro atoms. The van der Waals surface area contributed by atoms with Crippen LogP contribution >= 0.6 is 23.5 Å². The molecule has 2 nitrogen and oxygen atoms in total. The van der Waals surface area contributed by atoms with Gasteiger partial charge in [-0.1, -0.05) is 87.2 Å². The van der Waals surface area contributed by atoms with E-state index in [2.05, 4.69) is 55.5 Å². The van der Waals surface area contributed by atoms with Crippen LogP contribution in [0.15, 0.2) is 88.7 Å². The first kappa shape index (κ1) is 25.5. The highest BCUT2D eigenvalue weighted by molar-refractivity contribution is 8.00. The van der Waals surface area contributed by atoms with Crippen molar-refractivity contribution in [3.63, 3.8) is 0 Å². The molecule has 1 atom stereocenters.